The van der Waals surface area contributed by atoms with Crippen LogP contribution in [0.1, 0.15) is 17.6 Å². The van der Waals surface area contributed by atoms with Crippen LogP contribution in [0.2, 0.25) is 5.15 Å². The maximum absolute atomic E-state index is 12.8. The van der Waals surface area contributed by atoms with E-state index in [1.165, 1.54) is 14.2 Å². The first kappa shape index (κ1) is 13.6. The average Bonchev–Trinajstić information content (AvgIpc) is 2.30. The Balaban J connectivity index is 3.26. The molecular weight excluding hydrogens is 256 g/mol. The second kappa shape index (κ2) is 5.77. The van der Waals surface area contributed by atoms with Crippen molar-refractivity contribution >= 4 is 17.6 Å². The van der Waals surface area contributed by atoms with Gasteiger partial charge in [-0.05, 0) is 6.07 Å². The van der Waals surface area contributed by atoms with Crippen molar-refractivity contribution in [3.63, 3.8) is 0 Å². The molecule has 0 aromatic carbocycles. The fraction of sp³-hybridized carbons (Fsp3) is 0.400. The highest BCUT2D eigenvalue weighted by molar-refractivity contribution is 6.29. The molecule has 0 unspecified atom stereocenters. The van der Waals surface area contributed by atoms with Crippen LogP contribution in [0.25, 0.3) is 0 Å². The van der Waals surface area contributed by atoms with Crippen molar-refractivity contribution in [3.8, 4) is 5.88 Å². The Morgan fingerprint density at radius 1 is 1.53 bits per heavy atom. The number of carbonyl (C=O) groups is 1. The Morgan fingerprint density at radius 3 is 2.65 bits per heavy atom. The standard InChI is InChI=1S/C10H10ClF2NO3/c1-16-8(15)4-6-5(9(12)13)3-7(11)14-10(6)17-2/h3,9H,4H2,1-2H3. The molecule has 0 aliphatic rings. The van der Waals surface area contributed by atoms with E-state index >= 15 is 0 Å². The third-order valence-corrected chi connectivity index (χ3v) is 2.26. The van der Waals surface area contributed by atoms with Crippen LogP contribution in [-0.2, 0) is 16.0 Å². The molecule has 7 heteroatoms. The van der Waals surface area contributed by atoms with E-state index in [2.05, 4.69) is 9.72 Å². The van der Waals surface area contributed by atoms with Gasteiger partial charge >= 0.3 is 5.97 Å². The quantitative estimate of drug-likeness (QED) is 0.620. The van der Waals surface area contributed by atoms with Gasteiger partial charge in [0.15, 0.2) is 0 Å². The Hall–Kier alpha value is -1.43. The number of carbonyl (C=O) groups excluding carboxylic acids is 1. The monoisotopic (exact) mass is 265 g/mol. The highest BCUT2D eigenvalue weighted by atomic mass is 35.5. The number of alkyl halides is 2. The molecule has 0 saturated carbocycles. The molecule has 17 heavy (non-hydrogen) atoms. The molecule has 1 rings (SSSR count). The van der Waals surface area contributed by atoms with Gasteiger partial charge in [-0.25, -0.2) is 13.8 Å². The van der Waals surface area contributed by atoms with Gasteiger partial charge in [-0.2, -0.15) is 0 Å². The van der Waals surface area contributed by atoms with Gasteiger partial charge in [0, 0.05) is 11.1 Å². The fourth-order valence-electron chi connectivity index (χ4n) is 1.29. The molecule has 1 heterocycles. The lowest BCUT2D eigenvalue weighted by Crippen LogP contribution is -2.10. The molecule has 94 valence electrons. The lowest BCUT2D eigenvalue weighted by Gasteiger charge is -2.12. The minimum Gasteiger partial charge on any atom is -0.481 e. The van der Waals surface area contributed by atoms with Crippen molar-refractivity contribution in [3.05, 3.63) is 22.3 Å². The topological polar surface area (TPSA) is 48.4 Å². The van der Waals surface area contributed by atoms with Gasteiger partial charge in [0.1, 0.15) is 5.15 Å². The van der Waals surface area contributed by atoms with Crippen molar-refractivity contribution in [1.29, 1.82) is 0 Å². The van der Waals surface area contributed by atoms with Crippen LogP contribution in [0.5, 0.6) is 5.88 Å². The SMILES string of the molecule is COC(=O)Cc1c(C(F)F)cc(Cl)nc1OC. The first-order chi connectivity index (χ1) is 7.99. The van der Waals surface area contributed by atoms with E-state index < -0.39 is 12.4 Å². The van der Waals surface area contributed by atoms with Crippen molar-refractivity contribution in [1.82, 2.24) is 4.98 Å². The summed E-state index contributed by atoms with van der Waals surface area (Å²) < 4.78 is 34.8. The Labute approximate surface area is 101 Å². The predicted molar refractivity (Wildman–Crippen MR) is 56.5 cm³/mol. The van der Waals surface area contributed by atoms with E-state index in [-0.39, 0.29) is 28.6 Å². The first-order valence-electron chi connectivity index (χ1n) is 4.57. The van der Waals surface area contributed by atoms with Gasteiger partial charge in [-0.3, -0.25) is 4.79 Å². The molecule has 4 nitrogen and oxygen atoms in total. The number of methoxy groups -OCH3 is 2. The van der Waals surface area contributed by atoms with Crippen LogP contribution in [0, 0.1) is 0 Å². The maximum atomic E-state index is 12.8. The number of rotatable bonds is 4. The molecule has 0 amide bonds. The lowest BCUT2D eigenvalue weighted by atomic mass is 10.1. The zero-order valence-electron chi connectivity index (χ0n) is 9.17. The lowest BCUT2D eigenvalue weighted by molar-refractivity contribution is -0.139. The van der Waals surface area contributed by atoms with E-state index in [1.54, 1.807) is 0 Å². The number of pyridine rings is 1. The molecular formula is C10H10ClF2NO3. The number of hydrogen-bond donors (Lipinski definition) is 0. The van der Waals surface area contributed by atoms with Crippen LogP contribution in [-0.4, -0.2) is 25.2 Å². The summed E-state index contributed by atoms with van der Waals surface area (Å²) in [4.78, 5) is 14.8. The summed E-state index contributed by atoms with van der Waals surface area (Å²) in [5, 5.41) is -0.120. The van der Waals surface area contributed by atoms with E-state index in [4.69, 9.17) is 16.3 Å². The zero-order chi connectivity index (χ0) is 13.0. The minimum atomic E-state index is -2.77. The Morgan fingerprint density at radius 2 is 2.18 bits per heavy atom. The van der Waals surface area contributed by atoms with Crippen molar-refractivity contribution in [2.75, 3.05) is 14.2 Å². The summed E-state index contributed by atoms with van der Waals surface area (Å²) in [7, 11) is 2.43. The zero-order valence-corrected chi connectivity index (χ0v) is 9.92. The van der Waals surface area contributed by atoms with Crippen LogP contribution in [0.3, 0.4) is 0 Å². The molecule has 0 bridgehead atoms. The van der Waals surface area contributed by atoms with Gasteiger partial charge in [0.25, 0.3) is 6.43 Å². The second-order valence-electron chi connectivity index (χ2n) is 3.08. The molecule has 0 spiro atoms. The summed E-state index contributed by atoms with van der Waals surface area (Å²) >= 11 is 5.57. The third-order valence-electron chi connectivity index (χ3n) is 2.07. The van der Waals surface area contributed by atoms with Gasteiger partial charge in [-0.1, -0.05) is 11.6 Å². The molecule has 0 fully saturated rings. The normalized spacial score (nSPS) is 10.5. The van der Waals surface area contributed by atoms with Crippen molar-refractivity contribution < 1.29 is 23.0 Å². The number of nitrogens with zero attached hydrogens (tertiary/aromatic N) is 1. The highest BCUT2D eigenvalue weighted by Crippen LogP contribution is 2.31. The molecule has 1 aromatic heterocycles. The number of esters is 1. The summed E-state index contributed by atoms with van der Waals surface area (Å²) in [6.45, 7) is 0. The van der Waals surface area contributed by atoms with E-state index in [0.29, 0.717) is 0 Å². The second-order valence-corrected chi connectivity index (χ2v) is 3.46. The molecule has 0 saturated heterocycles. The summed E-state index contributed by atoms with van der Waals surface area (Å²) in [6, 6.07) is 1.01. The van der Waals surface area contributed by atoms with E-state index in [9.17, 15) is 13.6 Å². The fourth-order valence-corrected chi connectivity index (χ4v) is 1.49. The van der Waals surface area contributed by atoms with Gasteiger partial charge in [0.05, 0.1) is 20.6 Å². The molecule has 0 atom stereocenters. The van der Waals surface area contributed by atoms with Crippen LogP contribution in [0.4, 0.5) is 8.78 Å². The number of ether oxygens (including phenoxy) is 2. The minimum absolute atomic E-state index is 0.0150. The van der Waals surface area contributed by atoms with Crippen LogP contribution in [0.15, 0.2) is 6.07 Å². The Bertz CT molecular complexity index is 426. The van der Waals surface area contributed by atoms with Gasteiger partial charge in [-0.15, -0.1) is 0 Å². The Kier molecular flexibility index (Phi) is 4.62. The molecule has 0 aliphatic carbocycles. The summed E-state index contributed by atoms with van der Waals surface area (Å²) in [6.07, 6.45) is -3.12. The van der Waals surface area contributed by atoms with Crippen molar-refractivity contribution in [2.45, 2.75) is 12.8 Å². The smallest absolute Gasteiger partial charge is 0.310 e. The number of hydrogen-bond acceptors (Lipinski definition) is 4. The number of aromatic nitrogens is 1. The van der Waals surface area contributed by atoms with E-state index in [0.717, 1.165) is 6.07 Å². The molecule has 0 aliphatic heterocycles. The highest BCUT2D eigenvalue weighted by Gasteiger charge is 2.22. The van der Waals surface area contributed by atoms with Gasteiger partial charge in [0.2, 0.25) is 5.88 Å². The van der Waals surface area contributed by atoms with Crippen LogP contribution < -0.4 is 4.74 Å². The predicted octanol–water partition coefficient (Wildman–Crippen LogP) is 2.40. The molecule has 0 N–H and O–H groups in total. The third kappa shape index (κ3) is 3.26. The van der Waals surface area contributed by atoms with Crippen LogP contribution >= 0.6 is 11.6 Å². The molecule has 0 radical (unpaired) electrons. The average molecular weight is 266 g/mol. The molecule has 1 aromatic rings. The van der Waals surface area contributed by atoms with E-state index in [1.807, 2.05) is 0 Å². The van der Waals surface area contributed by atoms with Crippen molar-refractivity contribution in [2.24, 2.45) is 0 Å². The van der Waals surface area contributed by atoms with Gasteiger partial charge < -0.3 is 9.47 Å². The largest absolute Gasteiger partial charge is 0.481 e. The summed E-state index contributed by atoms with van der Waals surface area (Å²) in [5.74, 6) is -0.757. The number of halogens is 3. The summed E-state index contributed by atoms with van der Waals surface area (Å²) in [5.41, 5.74) is -0.397. The first-order valence-corrected chi connectivity index (χ1v) is 4.95. The maximum Gasteiger partial charge on any atom is 0.310 e.